The average Bonchev–Trinajstić information content (AvgIpc) is 2.98. The van der Waals surface area contributed by atoms with E-state index in [1.165, 1.54) is 12.8 Å². The topological polar surface area (TPSA) is 41.6 Å². The molecule has 0 saturated carbocycles. The van der Waals surface area contributed by atoms with E-state index in [2.05, 4.69) is 10.2 Å². The lowest BCUT2D eigenvalue weighted by Gasteiger charge is -2.23. The maximum Gasteiger partial charge on any atom is 0.222 e. The minimum absolute atomic E-state index is 0.339. The maximum atomic E-state index is 12.2. The quantitative estimate of drug-likeness (QED) is 0.815. The van der Waals surface area contributed by atoms with Gasteiger partial charge in [-0.2, -0.15) is 0 Å². The standard InChI is InChI=1S/C14H24N2O2/c17-14(5-4-13-3-1-2-6-18-13)16-9-11-7-15-8-12(11)10-16/h11-13,15H,1-10H2/t11-,12+,13?. The van der Waals surface area contributed by atoms with Crippen molar-refractivity contribution in [2.45, 2.75) is 38.2 Å². The summed E-state index contributed by atoms with van der Waals surface area (Å²) in [6, 6.07) is 0. The van der Waals surface area contributed by atoms with E-state index in [9.17, 15) is 4.79 Å². The van der Waals surface area contributed by atoms with Crippen LogP contribution in [-0.2, 0) is 9.53 Å². The zero-order valence-electron chi connectivity index (χ0n) is 11.1. The van der Waals surface area contributed by atoms with Gasteiger partial charge in [0.25, 0.3) is 0 Å². The van der Waals surface area contributed by atoms with Gasteiger partial charge in [0.1, 0.15) is 0 Å². The molecule has 3 fully saturated rings. The predicted molar refractivity (Wildman–Crippen MR) is 69.3 cm³/mol. The first-order valence-electron chi connectivity index (χ1n) is 7.43. The summed E-state index contributed by atoms with van der Waals surface area (Å²) < 4.78 is 5.68. The lowest BCUT2D eigenvalue weighted by molar-refractivity contribution is -0.131. The number of hydrogen-bond acceptors (Lipinski definition) is 3. The van der Waals surface area contributed by atoms with Gasteiger partial charge in [0, 0.05) is 39.2 Å². The molecular weight excluding hydrogens is 228 g/mol. The summed E-state index contributed by atoms with van der Waals surface area (Å²) in [6.45, 7) is 5.03. The number of likely N-dealkylation sites (tertiary alicyclic amines) is 1. The minimum Gasteiger partial charge on any atom is -0.378 e. The fourth-order valence-electron chi connectivity index (χ4n) is 3.54. The van der Waals surface area contributed by atoms with Gasteiger partial charge in [-0.1, -0.05) is 0 Å². The van der Waals surface area contributed by atoms with E-state index in [1.54, 1.807) is 0 Å². The Morgan fingerprint density at radius 3 is 2.67 bits per heavy atom. The first-order valence-corrected chi connectivity index (χ1v) is 7.43. The molecule has 0 spiro atoms. The van der Waals surface area contributed by atoms with Crippen molar-refractivity contribution < 1.29 is 9.53 Å². The third kappa shape index (κ3) is 2.69. The lowest BCUT2D eigenvalue weighted by Crippen LogP contribution is -2.32. The normalized spacial score (nSPS) is 35.8. The fraction of sp³-hybridized carbons (Fsp3) is 0.929. The number of amides is 1. The van der Waals surface area contributed by atoms with Crippen molar-refractivity contribution >= 4 is 5.91 Å². The molecule has 18 heavy (non-hydrogen) atoms. The Bertz CT molecular complexity index is 290. The van der Waals surface area contributed by atoms with Gasteiger partial charge in [-0.05, 0) is 37.5 Å². The third-order valence-electron chi connectivity index (χ3n) is 4.70. The second kappa shape index (κ2) is 5.57. The number of rotatable bonds is 3. The van der Waals surface area contributed by atoms with Gasteiger partial charge in [0.15, 0.2) is 0 Å². The molecule has 0 aromatic rings. The number of nitrogens with zero attached hydrogens (tertiary/aromatic N) is 1. The fourth-order valence-corrected chi connectivity index (χ4v) is 3.54. The van der Waals surface area contributed by atoms with E-state index in [0.29, 0.717) is 30.3 Å². The van der Waals surface area contributed by atoms with Gasteiger partial charge in [-0.3, -0.25) is 4.79 Å². The molecule has 1 N–H and O–H groups in total. The van der Waals surface area contributed by atoms with Crippen molar-refractivity contribution in [1.82, 2.24) is 10.2 Å². The van der Waals surface area contributed by atoms with Crippen LogP contribution in [0.15, 0.2) is 0 Å². The molecule has 4 nitrogen and oxygen atoms in total. The Hall–Kier alpha value is -0.610. The Morgan fingerprint density at radius 2 is 2.00 bits per heavy atom. The van der Waals surface area contributed by atoms with Crippen LogP contribution < -0.4 is 5.32 Å². The smallest absolute Gasteiger partial charge is 0.222 e. The van der Waals surface area contributed by atoms with E-state index in [4.69, 9.17) is 4.74 Å². The average molecular weight is 252 g/mol. The lowest BCUT2D eigenvalue weighted by atomic mass is 10.0. The molecule has 1 amide bonds. The zero-order chi connectivity index (χ0) is 12.4. The van der Waals surface area contributed by atoms with Crippen LogP contribution in [-0.4, -0.2) is 49.7 Å². The Morgan fingerprint density at radius 1 is 1.22 bits per heavy atom. The molecule has 102 valence electrons. The summed E-state index contributed by atoms with van der Waals surface area (Å²) >= 11 is 0. The second-order valence-corrected chi connectivity index (χ2v) is 6.00. The Labute approximate surface area is 109 Å². The Kier molecular flexibility index (Phi) is 3.85. The number of carbonyl (C=O) groups excluding carboxylic acids is 1. The van der Waals surface area contributed by atoms with Gasteiger partial charge in [-0.25, -0.2) is 0 Å². The third-order valence-corrected chi connectivity index (χ3v) is 4.70. The molecule has 3 atom stereocenters. The van der Waals surface area contributed by atoms with Crippen LogP contribution >= 0.6 is 0 Å². The molecule has 0 aromatic heterocycles. The maximum absolute atomic E-state index is 12.2. The highest BCUT2D eigenvalue weighted by Gasteiger charge is 2.37. The van der Waals surface area contributed by atoms with Crippen LogP contribution in [0.1, 0.15) is 32.1 Å². The first kappa shape index (κ1) is 12.4. The molecule has 0 aliphatic carbocycles. The van der Waals surface area contributed by atoms with Crippen molar-refractivity contribution in [1.29, 1.82) is 0 Å². The summed E-state index contributed by atoms with van der Waals surface area (Å²) in [5.41, 5.74) is 0. The van der Waals surface area contributed by atoms with Crippen molar-refractivity contribution in [3.8, 4) is 0 Å². The number of fused-ring (bicyclic) bond motifs is 1. The molecule has 3 heterocycles. The van der Waals surface area contributed by atoms with Crippen LogP contribution in [0.25, 0.3) is 0 Å². The SMILES string of the molecule is O=C(CCC1CCCCO1)N1C[C@H]2CNC[C@H]2C1. The molecule has 3 aliphatic heterocycles. The van der Waals surface area contributed by atoms with Crippen molar-refractivity contribution in [2.75, 3.05) is 32.8 Å². The summed E-state index contributed by atoms with van der Waals surface area (Å²) in [5.74, 6) is 1.76. The molecule has 0 bridgehead atoms. The van der Waals surface area contributed by atoms with E-state index < -0.39 is 0 Å². The van der Waals surface area contributed by atoms with Gasteiger partial charge < -0.3 is 15.0 Å². The van der Waals surface area contributed by atoms with Gasteiger partial charge >= 0.3 is 0 Å². The summed E-state index contributed by atoms with van der Waals surface area (Å²) in [5, 5.41) is 3.41. The van der Waals surface area contributed by atoms with Gasteiger partial charge in [0.05, 0.1) is 6.10 Å². The highest BCUT2D eigenvalue weighted by molar-refractivity contribution is 5.76. The van der Waals surface area contributed by atoms with Crippen LogP contribution in [0.2, 0.25) is 0 Å². The van der Waals surface area contributed by atoms with E-state index in [-0.39, 0.29) is 0 Å². The second-order valence-electron chi connectivity index (χ2n) is 6.00. The molecule has 1 unspecified atom stereocenters. The van der Waals surface area contributed by atoms with Crippen LogP contribution in [0.4, 0.5) is 0 Å². The van der Waals surface area contributed by atoms with Crippen molar-refractivity contribution in [2.24, 2.45) is 11.8 Å². The molecule has 3 aliphatic rings. The minimum atomic E-state index is 0.339. The number of carbonyl (C=O) groups is 1. The highest BCUT2D eigenvalue weighted by atomic mass is 16.5. The molecule has 4 heteroatoms. The highest BCUT2D eigenvalue weighted by Crippen LogP contribution is 2.27. The molecule has 0 radical (unpaired) electrons. The molecule has 3 saturated heterocycles. The predicted octanol–water partition coefficient (Wildman–Crippen LogP) is 1.01. The largest absolute Gasteiger partial charge is 0.378 e. The van der Waals surface area contributed by atoms with Crippen molar-refractivity contribution in [3.05, 3.63) is 0 Å². The van der Waals surface area contributed by atoms with E-state index in [1.807, 2.05) is 0 Å². The summed E-state index contributed by atoms with van der Waals surface area (Å²) in [4.78, 5) is 14.3. The van der Waals surface area contributed by atoms with Crippen LogP contribution in [0.5, 0.6) is 0 Å². The number of ether oxygens (including phenoxy) is 1. The zero-order valence-corrected chi connectivity index (χ0v) is 11.1. The van der Waals surface area contributed by atoms with Crippen molar-refractivity contribution in [3.63, 3.8) is 0 Å². The van der Waals surface area contributed by atoms with Gasteiger partial charge in [0.2, 0.25) is 5.91 Å². The molecule has 0 aromatic carbocycles. The van der Waals surface area contributed by atoms with Crippen LogP contribution in [0.3, 0.4) is 0 Å². The van der Waals surface area contributed by atoms with Gasteiger partial charge in [-0.15, -0.1) is 0 Å². The number of nitrogens with one attached hydrogen (secondary N) is 1. The van der Waals surface area contributed by atoms with E-state index in [0.717, 1.165) is 45.6 Å². The monoisotopic (exact) mass is 252 g/mol. The summed E-state index contributed by atoms with van der Waals surface area (Å²) in [6.07, 6.45) is 5.53. The summed E-state index contributed by atoms with van der Waals surface area (Å²) in [7, 11) is 0. The first-order chi connectivity index (χ1) is 8.83. The molecule has 3 rings (SSSR count). The molecular formula is C14H24N2O2. The van der Waals surface area contributed by atoms with E-state index >= 15 is 0 Å². The Balaban J connectivity index is 1.41. The van der Waals surface area contributed by atoms with Crippen LogP contribution in [0, 0.1) is 11.8 Å². The number of hydrogen-bond donors (Lipinski definition) is 1.